The van der Waals surface area contributed by atoms with Crippen LogP contribution in [0.3, 0.4) is 0 Å². The number of nitrogens with two attached hydrogens (primary N) is 1. The summed E-state index contributed by atoms with van der Waals surface area (Å²) in [5, 5.41) is 3.61. The summed E-state index contributed by atoms with van der Waals surface area (Å²) in [4.78, 5) is 15.9. The number of carbonyl (C=O) groups is 1. The molecule has 0 spiro atoms. The number of pyridine rings is 1. The van der Waals surface area contributed by atoms with Crippen LogP contribution in [0.25, 0.3) is 0 Å². The summed E-state index contributed by atoms with van der Waals surface area (Å²) in [5.74, 6) is -0.156. The number of hydrogen-bond donors (Lipinski definition) is 2. The topological polar surface area (TPSA) is 68.0 Å². The summed E-state index contributed by atoms with van der Waals surface area (Å²) in [6, 6.07) is 7.09. The number of carbonyl (C=O) groups excluding carboxylic acids is 1. The van der Waals surface area contributed by atoms with E-state index in [-0.39, 0.29) is 5.91 Å². The van der Waals surface area contributed by atoms with Crippen LogP contribution in [0.5, 0.6) is 0 Å². The highest BCUT2D eigenvalue weighted by molar-refractivity contribution is 9.11. The number of halogens is 1. The lowest BCUT2D eigenvalue weighted by atomic mass is 10.2. The van der Waals surface area contributed by atoms with Crippen molar-refractivity contribution in [1.29, 1.82) is 0 Å². The minimum atomic E-state index is -0.156. The standard InChI is InChI=1S/C11H10BrN3OS/c12-9-1-2-10(17-9)15-11(16)7-3-4-14-8(5-7)6-13/h1-5H,6,13H2,(H,15,16). The highest BCUT2D eigenvalue weighted by atomic mass is 79.9. The van der Waals surface area contributed by atoms with E-state index in [9.17, 15) is 4.79 Å². The predicted octanol–water partition coefficient (Wildman–Crippen LogP) is 2.62. The van der Waals surface area contributed by atoms with Crippen LogP contribution in [0, 0.1) is 0 Å². The summed E-state index contributed by atoms with van der Waals surface area (Å²) in [5.41, 5.74) is 6.74. The van der Waals surface area contributed by atoms with Crippen LogP contribution in [0.15, 0.2) is 34.2 Å². The summed E-state index contributed by atoms with van der Waals surface area (Å²) in [7, 11) is 0. The zero-order chi connectivity index (χ0) is 12.3. The van der Waals surface area contributed by atoms with E-state index in [1.807, 2.05) is 12.1 Å². The molecule has 2 rings (SSSR count). The van der Waals surface area contributed by atoms with Crippen LogP contribution in [-0.4, -0.2) is 10.9 Å². The number of thiophene rings is 1. The van der Waals surface area contributed by atoms with Gasteiger partial charge in [0.25, 0.3) is 5.91 Å². The molecule has 0 unspecified atom stereocenters. The molecule has 2 aromatic rings. The van der Waals surface area contributed by atoms with E-state index in [2.05, 4.69) is 26.2 Å². The molecular weight excluding hydrogens is 302 g/mol. The Labute approximate surface area is 111 Å². The van der Waals surface area contributed by atoms with E-state index in [1.165, 1.54) is 11.3 Å². The van der Waals surface area contributed by atoms with Crippen LogP contribution < -0.4 is 11.1 Å². The molecule has 4 nitrogen and oxygen atoms in total. The van der Waals surface area contributed by atoms with Crippen molar-refractivity contribution in [1.82, 2.24) is 4.98 Å². The molecule has 0 fully saturated rings. The number of nitrogens with one attached hydrogen (secondary N) is 1. The van der Waals surface area contributed by atoms with Crippen LogP contribution in [0.1, 0.15) is 16.1 Å². The number of anilines is 1. The van der Waals surface area contributed by atoms with Crippen LogP contribution in [-0.2, 0) is 6.54 Å². The Morgan fingerprint density at radius 3 is 2.94 bits per heavy atom. The van der Waals surface area contributed by atoms with Crippen LogP contribution >= 0.6 is 27.3 Å². The van der Waals surface area contributed by atoms with Gasteiger partial charge in [0.2, 0.25) is 0 Å². The molecular formula is C11H10BrN3OS. The van der Waals surface area contributed by atoms with Gasteiger partial charge < -0.3 is 11.1 Å². The average Bonchev–Trinajstić information content (AvgIpc) is 2.75. The van der Waals surface area contributed by atoms with E-state index in [1.54, 1.807) is 18.3 Å². The molecule has 0 atom stereocenters. The minimum absolute atomic E-state index is 0.156. The SMILES string of the molecule is NCc1cc(C(=O)Nc2ccc(Br)s2)ccn1. The molecule has 17 heavy (non-hydrogen) atoms. The second-order valence-corrected chi connectivity index (χ2v) is 5.76. The second kappa shape index (κ2) is 5.39. The Kier molecular flexibility index (Phi) is 3.88. The van der Waals surface area contributed by atoms with Crippen molar-refractivity contribution in [3.05, 3.63) is 45.5 Å². The van der Waals surface area contributed by atoms with Gasteiger partial charge in [-0.1, -0.05) is 0 Å². The molecule has 2 heterocycles. The fourth-order valence-corrected chi connectivity index (χ4v) is 2.58. The molecule has 0 bridgehead atoms. The van der Waals surface area contributed by atoms with Crippen molar-refractivity contribution >= 4 is 38.2 Å². The first kappa shape index (κ1) is 12.2. The van der Waals surface area contributed by atoms with Gasteiger partial charge in [0, 0.05) is 18.3 Å². The molecule has 0 aliphatic heterocycles. The van der Waals surface area contributed by atoms with Gasteiger partial charge in [0.1, 0.15) is 0 Å². The first-order chi connectivity index (χ1) is 8.19. The lowest BCUT2D eigenvalue weighted by Gasteiger charge is -2.03. The Bertz CT molecular complexity index is 541. The summed E-state index contributed by atoms with van der Waals surface area (Å²) in [6.07, 6.45) is 1.58. The third-order valence-electron chi connectivity index (χ3n) is 2.10. The maximum Gasteiger partial charge on any atom is 0.256 e. The molecule has 0 radical (unpaired) electrons. The second-order valence-electron chi connectivity index (χ2n) is 3.30. The monoisotopic (exact) mass is 311 g/mol. The number of amides is 1. The molecule has 0 aliphatic rings. The van der Waals surface area contributed by atoms with Crippen molar-refractivity contribution in [2.24, 2.45) is 5.73 Å². The van der Waals surface area contributed by atoms with Gasteiger partial charge >= 0.3 is 0 Å². The maximum absolute atomic E-state index is 11.9. The van der Waals surface area contributed by atoms with E-state index in [0.29, 0.717) is 17.8 Å². The van der Waals surface area contributed by atoms with E-state index in [0.717, 1.165) is 8.79 Å². The minimum Gasteiger partial charge on any atom is -0.325 e. The van der Waals surface area contributed by atoms with Crippen LogP contribution in [0.4, 0.5) is 5.00 Å². The van der Waals surface area contributed by atoms with Gasteiger partial charge in [0.15, 0.2) is 0 Å². The van der Waals surface area contributed by atoms with Crippen molar-refractivity contribution in [3.63, 3.8) is 0 Å². The van der Waals surface area contributed by atoms with Crippen molar-refractivity contribution < 1.29 is 4.79 Å². The number of hydrogen-bond acceptors (Lipinski definition) is 4. The summed E-state index contributed by atoms with van der Waals surface area (Å²) >= 11 is 4.81. The van der Waals surface area contributed by atoms with E-state index >= 15 is 0 Å². The van der Waals surface area contributed by atoms with Crippen molar-refractivity contribution in [2.75, 3.05) is 5.32 Å². The average molecular weight is 312 g/mol. The zero-order valence-corrected chi connectivity index (χ0v) is 11.2. The molecule has 2 aromatic heterocycles. The molecule has 0 saturated heterocycles. The van der Waals surface area contributed by atoms with Gasteiger partial charge in [-0.05, 0) is 40.2 Å². The highest BCUT2D eigenvalue weighted by Gasteiger charge is 2.08. The Morgan fingerprint density at radius 1 is 1.47 bits per heavy atom. The first-order valence-electron chi connectivity index (χ1n) is 4.91. The van der Waals surface area contributed by atoms with Crippen molar-refractivity contribution in [2.45, 2.75) is 6.54 Å². The normalized spacial score (nSPS) is 10.2. The molecule has 1 amide bonds. The molecule has 0 aromatic carbocycles. The van der Waals surface area contributed by atoms with Gasteiger partial charge in [-0.25, -0.2) is 0 Å². The van der Waals surface area contributed by atoms with Gasteiger partial charge in [-0.3, -0.25) is 9.78 Å². The fraction of sp³-hybridized carbons (Fsp3) is 0.0909. The molecule has 0 saturated carbocycles. The number of rotatable bonds is 3. The number of nitrogens with zero attached hydrogens (tertiary/aromatic N) is 1. The smallest absolute Gasteiger partial charge is 0.256 e. The third kappa shape index (κ3) is 3.12. The lowest BCUT2D eigenvalue weighted by Crippen LogP contribution is -2.12. The quantitative estimate of drug-likeness (QED) is 0.915. The highest BCUT2D eigenvalue weighted by Crippen LogP contribution is 2.26. The maximum atomic E-state index is 11.9. The Balaban J connectivity index is 2.14. The lowest BCUT2D eigenvalue weighted by molar-refractivity contribution is 0.102. The number of aromatic nitrogens is 1. The first-order valence-corrected chi connectivity index (χ1v) is 6.51. The molecule has 88 valence electrons. The third-order valence-corrected chi connectivity index (χ3v) is 3.64. The largest absolute Gasteiger partial charge is 0.325 e. The zero-order valence-electron chi connectivity index (χ0n) is 8.81. The fourth-order valence-electron chi connectivity index (χ4n) is 1.30. The Hall–Kier alpha value is -1.24. The summed E-state index contributed by atoms with van der Waals surface area (Å²) < 4.78 is 0.977. The summed E-state index contributed by atoms with van der Waals surface area (Å²) in [6.45, 7) is 0.325. The van der Waals surface area contributed by atoms with Gasteiger partial charge in [-0.15, -0.1) is 11.3 Å². The van der Waals surface area contributed by atoms with E-state index < -0.39 is 0 Å². The van der Waals surface area contributed by atoms with Crippen molar-refractivity contribution in [3.8, 4) is 0 Å². The van der Waals surface area contributed by atoms with Crippen LogP contribution in [0.2, 0.25) is 0 Å². The van der Waals surface area contributed by atoms with Gasteiger partial charge in [0.05, 0.1) is 14.5 Å². The van der Waals surface area contributed by atoms with Gasteiger partial charge in [-0.2, -0.15) is 0 Å². The predicted molar refractivity (Wildman–Crippen MR) is 72.1 cm³/mol. The molecule has 6 heteroatoms. The van der Waals surface area contributed by atoms with E-state index in [4.69, 9.17) is 5.73 Å². The molecule has 3 N–H and O–H groups in total. The molecule has 0 aliphatic carbocycles. The Morgan fingerprint density at radius 2 is 2.29 bits per heavy atom.